The van der Waals surface area contributed by atoms with E-state index in [-0.39, 0.29) is 6.04 Å². The molecule has 3 nitrogen and oxygen atoms in total. The lowest BCUT2D eigenvalue weighted by Crippen LogP contribution is -2.36. The molecule has 3 heteroatoms. The van der Waals surface area contributed by atoms with Crippen LogP contribution in [-0.4, -0.2) is 21.8 Å². The molecule has 0 radical (unpaired) electrons. The number of aliphatic hydroxyl groups is 1. The Morgan fingerprint density at radius 1 is 1.35 bits per heavy atom. The molecule has 0 spiro atoms. The van der Waals surface area contributed by atoms with Crippen molar-refractivity contribution in [2.45, 2.75) is 31.9 Å². The number of hydrogen-bond acceptors (Lipinski definition) is 2. The van der Waals surface area contributed by atoms with Crippen molar-refractivity contribution in [2.75, 3.05) is 0 Å². The molecule has 0 saturated carbocycles. The Morgan fingerprint density at radius 2 is 2.12 bits per heavy atom. The van der Waals surface area contributed by atoms with Crippen LogP contribution < -0.4 is 5.73 Å². The molecule has 0 aliphatic rings. The highest BCUT2D eigenvalue weighted by Gasteiger charge is 2.13. The van der Waals surface area contributed by atoms with Gasteiger partial charge >= 0.3 is 0 Å². The fraction of sp³-hybridized carbons (Fsp3) is 0.429. The molecule has 0 aliphatic heterocycles. The van der Waals surface area contributed by atoms with Crippen LogP contribution in [0.2, 0.25) is 0 Å². The Morgan fingerprint density at radius 3 is 2.82 bits per heavy atom. The first kappa shape index (κ1) is 12.1. The van der Waals surface area contributed by atoms with Crippen LogP contribution in [-0.2, 0) is 13.5 Å². The van der Waals surface area contributed by atoms with Gasteiger partial charge in [-0.2, -0.15) is 0 Å². The van der Waals surface area contributed by atoms with Crippen molar-refractivity contribution in [3.8, 4) is 0 Å². The second-order valence-electron chi connectivity index (χ2n) is 4.66. The third-order valence-electron chi connectivity index (χ3n) is 3.33. The lowest BCUT2D eigenvalue weighted by Gasteiger charge is -2.17. The van der Waals surface area contributed by atoms with Crippen LogP contribution in [0.4, 0.5) is 0 Å². The van der Waals surface area contributed by atoms with E-state index in [9.17, 15) is 5.11 Å². The zero-order chi connectivity index (χ0) is 12.4. The number of aromatic nitrogens is 1. The van der Waals surface area contributed by atoms with Gasteiger partial charge in [-0.05, 0) is 42.0 Å². The number of aryl methyl sites for hydroxylation is 1. The first-order chi connectivity index (χ1) is 8.11. The minimum absolute atomic E-state index is 0.179. The van der Waals surface area contributed by atoms with Crippen LogP contribution in [0.3, 0.4) is 0 Å². The van der Waals surface area contributed by atoms with Gasteiger partial charge in [0.25, 0.3) is 0 Å². The number of fused-ring (bicyclic) bond motifs is 1. The van der Waals surface area contributed by atoms with E-state index in [1.807, 2.05) is 14.0 Å². The average molecular weight is 232 g/mol. The number of benzene rings is 1. The van der Waals surface area contributed by atoms with Crippen LogP contribution in [0.5, 0.6) is 0 Å². The van der Waals surface area contributed by atoms with Gasteiger partial charge in [-0.3, -0.25) is 0 Å². The molecule has 0 amide bonds. The van der Waals surface area contributed by atoms with E-state index in [0.29, 0.717) is 6.42 Å². The van der Waals surface area contributed by atoms with E-state index in [1.54, 1.807) is 0 Å². The molecule has 2 atom stereocenters. The van der Waals surface area contributed by atoms with Crippen LogP contribution in [0.25, 0.3) is 10.9 Å². The molecule has 2 rings (SSSR count). The molecule has 0 bridgehead atoms. The summed E-state index contributed by atoms with van der Waals surface area (Å²) < 4.78 is 2.10. The predicted octanol–water partition coefficient (Wildman–Crippen LogP) is 1.82. The molecular weight excluding hydrogens is 212 g/mol. The number of rotatable bonds is 4. The molecule has 17 heavy (non-hydrogen) atoms. The summed E-state index contributed by atoms with van der Waals surface area (Å²) in [6.45, 7) is 1.95. The molecular formula is C14H20N2O. The summed E-state index contributed by atoms with van der Waals surface area (Å²) in [5, 5.41) is 10.9. The molecule has 2 aromatic rings. The van der Waals surface area contributed by atoms with Crippen LogP contribution in [0.15, 0.2) is 30.5 Å². The molecule has 3 N–H and O–H groups in total. The maximum atomic E-state index is 9.68. The normalized spacial score (nSPS) is 15.1. The zero-order valence-electron chi connectivity index (χ0n) is 10.4. The summed E-state index contributed by atoms with van der Waals surface area (Å²) in [6, 6.07) is 8.26. The van der Waals surface area contributed by atoms with Crippen molar-refractivity contribution in [1.29, 1.82) is 0 Å². The molecule has 0 fully saturated rings. The highest BCUT2D eigenvalue weighted by atomic mass is 16.3. The van der Waals surface area contributed by atoms with E-state index in [0.717, 1.165) is 6.42 Å². The van der Waals surface area contributed by atoms with Crippen LogP contribution in [0, 0.1) is 0 Å². The summed E-state index contributed by atoms with van der Waals surface area (Å²) in [4.78, 5) is 0. The van der Waals surface area contributed by atoms with Crippen molar-refractivity contribution in [3.05, 3.63) is 36.0 Å². The molecule has 1 aromatic heterocycles. The third kappa shape index (κ3) is 2.51. The highest BCUT2D eigenvalue weighted by Crippen LogP contribution is 2.18. The smallest absolute Gasteiger partial charge is 0.0691 e. The fourth-order valence-corrected chi connectivity index (χ4v) is 2.17. The third-order valence-corrected chi connectivity index (χ3v) is 3.33. The van der Waals surface area contributed by atoms with E-state index in [1.165, 1.54) is 16.5 Å². The van der Waals surface area contributed by atoms with Crippen molar-refractivity contribution < 1.29 is 5.11 Å². The van der Waals surface area contributed by atoms with Gasteiger partial charge in [0.15, 0.2) is 0 Å². The van der Waals surface area contributed by atoms with E-state index < -0.39 is 6.10 Å². The standard InChI is InChI=1S/C14H20N2O/c1-3-14(17)12(15)9-10-4-5-13-11(8-10)6-7-16(13)2/h4-8,12,14,17H,3,9,15H2,1-2H3. The van der Waals surface area contributed by atoms with Gasteiger partial charge < -0.3 is 15.4 Å². The number of hydrogen-bond donors (Lipinski definition) is 2. The Labute approximate surface area is 102 Å². The zero-order valence-corrected chi connectivity index (χ0v) is 10.4. The Hall–Kier alpha value is -1.32. The van der Waals surface area contributed by atoms with Crippen LogP contribution >= 0.6 is 0 Å². The van der Waals surface area contributed by atoms with Gasteiger partial charge in [-0.1, -0.05) is 13.0 Å². The van der Waals surface area contributed by atoms with Gasteiger partial charge in [-0.15, -0.1) is 0 Å². The molecule has 1 aromatic carbocycles. The van der Waals surface area contributed by atoms with Gasteiger partial charge in [0.2, 0.25) is 0 Å². The first-order valence-corrected chi connectivity index (χ1v) is 6.09. The SMILES string of the molecule is CCC(O)C(N)Cc1ccc2c(ccn2C)c1. The van der Waals surface area contributed by atoms with Crippen molar-refractivity contribution in [1.82, 2.24) is 4.57 Å². The molecule has 2 unspecified atom stereocenters. The van der Waals surface area contributed by atoms with Gasteiger partial charge in [0.1, 0.15) is 0 Å². The summed E-state index contributed by atoms with van der Waals surface area (Å²) in [5.41, 5.74) is 8.36. The summed E-state index contributed by atoms with van der Waals surface area (Å²) in [5.74, 6) is 0. The second kappa shape index (κ2) is 4.90. The Bertz CT molecular complexity index is 504. The van der Waals surface area contributed by atoms with Gasteiger partial charge in [-0.25, -0.2) is 0 Å². The van der Waals surface area contributed by atoms with E-state index in [4.69, 9.17) is 5.73 Å². The summed E-state index contributed by atoms with van der Waals surface area (Å²) >= 11 is 0. The lowest BCUT2D eigenvalue weighted by molar-refractivity contribution is 0.140. The van der Waals surface area contributed by atoms with E-state index in [2.05, 4.69) is 35.0 Å². The number of aliphatic hydroxyl groups excluding tert-OH is 1. The molecule has 0 saturated heterocycles. The fourth-order valence-electron chi connectivity index (χ4n) is 2.17. The second-order valence-corrected chi connectivity index (χ2v) is 4.66. The number of nitrogens with two attached hydrogens (primary N) is 1. The Kier molecular flexibility index (Phi) is 3.50. The molecule has 0 aliphatic carbocycles. The van der Waals surface area contributed by atoms with Gasteiger partial charge in [0, 0.05) is 24.8 Å². The summed E-state index contributed by atoms with van der Waals surface area (Å²) in [7, 11) is 2.04. The minimum Gasteiger partial charge on any atom is -0.392 e. The minimum atomic E-state index is -0.415. The Balaban J connectivity index is 2.19. The first-order valence-electron chi connectivity index (χ1n) is 6.09. The average Bonchev–Trinajstić information content (AvgIpc) is 2.69. The topological polar surface area (TPSA) is 51.2 Å². The van der Waals surface area contributed by atoms with Gasteiger partial charge in [0.05, 0.1) is 6.10 Å². The molecule has 92 valence electrons. The summed E-state index contributed by atoms with van der Waals surface area (Å²) in [6.07, 6.45) is 3.06. The van der Waals surface area contributed by atoms with E-state index >= 15 is 0 Å². The van der Waals surface area contributed by atoms with Crippen molar-refractivity contribution in [2.24, 2.45) is 12.8 Å². The largest absolute Gasteiger partial charge is 0.392 e. The monoisotopic (exact) mass is 232 g/mol. The predicted molar refractivity (Wildman–Crippen MR) is 70.9 cm³/mol. The highest BCUT2D eigenvalue weighted by molar-refractivity contribution is 5.80. The molecule has 1 heterocycles. The number of nitrogens with zero attached hydrogens (tertiary/aromatic N) is 1. The van der Waals surface area contributed by atoms with Crippen molar-refractivity contribution >= 4 is 10.9 Å². The van der Waals surface area contributed by atoms with Crippen LogP contribution in [0.1, 0.15) is 18.9 Å². The van der Waals surface area contributed by atoms with Crippen molar-refractivity contribution in [3.63, 3.8) is 0 Å². The maximum absolute atomic E-state index is 9.68. The lowest BCUT2D eigenvalue weighted by atomic mass is 10.00. The maximum Gasteiger partial charge on any atom is 0.0691 e. The quantitative estimate of drug-likeness (QED) is 0.844.